The van der Waals surface area contributed by atoms with Crippen molar-refractivity contribution >= 4 is 23.2 Å². The zero-order valence-electron chi connectivity index (χ0n) is 17.6. The fraction of sp³-hybridized carbons (Fsp3) is 0.192. The molecule has 0 aliphatic heterocycles. The van der Waals surface area contributed by atoms with Gasteiger partial charge in [-0.25, -0.2) is 4.79 Å². The van der Waals surface area contributed by atoms with Gasteiger partial charge in [-0.15, -0.1) is 6.58 Å². The van der Waals surface area contributed by atoms with E-state index in [0.29, 0.717) is 23.4 Å². The highest BCUT2D eigenvalue weighted by atomic mass is 16.5. The van der Waals surface area contributed by atoms with E-state index in [0.717, 1.165) is 18.4 Å². The molecule has 1 atom stereocenters. The highest BCUT2D eigenvalue weighted by Crippen LogP contribution is 2.27. The third-order valence-corrected chi connectivity index (χ3v) is 4.59. The summed E-state index contributed by atoms with van der Waals surface area (Å²) < 4.78 is 5.03. The Balaban J connectivity index is 0.000000225. The topological polar surface area (TPSA) is 86.5 Å². The first-order valence-corrected chi connectivity index (χ1v) is 10.1. The van der Waals surface area contributed by atoms with Crippen molar-refractivity contribution in [1.29, 1.82) is 0 Å². The Hall–Kier alpha value is -3.73. The van der Waals surface area contributed by atoms with E-state index in [1.807, 2.05) is 30.3 Å². The molecule has 1 unspecified atom stereocenters. The number of nitrogens with two attached hydrogens (primary N) is 1. The molecule has 0 radical (unpaired) electrons. The summed E-state index contributed by atoms with van der Waals surface area (Å²) in [6.45, 7) is 6.28. The molecular formula is C26H27NO4. The second-order valence-corrected chi connectivity index (χ2v) is 6.94. The largest absolute Gasteiger partial charge is 0.462 e. The van der Waals surface area contributed by atoms with Crippen molar-refractivity contribution in [3.63, 3.8) is 0 Å². The van der Waals surface area contributed by atoms with Gasteiger partial charge in [-0.2, -0.15) is 0 Å². The summed E-state index contributed by atoms with van der Waals surface area (Å²) in [4.78, 5) is 34.4. The molecule has 3 rings (SSSR count). The van der Waals surface area contributed by atoms with Crippen LogP contribution in [0.25, 0.3) is 0 Å². The Kier molecular flexibility index (Phi) is 9.17. The van der Waals surface area contributed by atoms with Crippen molar-refractivity contribution < 1.29 is 19.1 Å². The minimum absolute atomic E-state index is 0.127. The van der Waals surface area contributed by atoms with Gasteiger partial charge >= 0.3 is 5.97 Å². The van der Waals surface area contributed by atoms with Gasteiger partial charge in [-0.1, -0.05) is 49.8 Å². The number of anilines is 1. The van der Waals surface area contributed by atoms with Gasteiger partial charge in [0, 0.05) is 17.2 Å². The van der Waals surface area contributed by atoms with Crippen molar-refractivity contribution in [3.05, 3.63) is 102 Å². The van der Waals surface area contributed by atoms with Crippen molar-refractivity contribution in [2.45, 2.75) is 25.7 Å². The van der Waals surface area contributed by atoms with Gasteiger partial charge in [0.25, 0.3) is 0 Å². The molecule has 0 bridgehead atoms. The number of rotatable bonds is 7. The van der Waals surface area contributed by atoms with Crippen LogP contribution in [0, 0.1) is 0 Å². The van der Waals surface area contributed by atoms with E-state index in [4.69, 9.17) is 10.5 Å². The summed E-state index contributed by atoms with van der Waals surface area (Å²) in [7, 11) is 0. The molecule has 0 fully saturated rings. The molecule has 0 aromatic heterocycles. The van der Waals surface area contributed by atoms with E-state index >= 15 is 0 Å². The standard InChI is InChI=1S/C15H12O2.C11H15NO2/c1-2-13(11-6-4-3-5-7-11)14-10-12(16)8-9-15(14)17;1-2-3-8-14-11(13)9-4-6-10(12)7-5-9/h2-10,13H,1H2;4-7H,2-3,8,12H2,1H3. The van der Waals surface area contributed by atoms with Gasteiger partial charge in [0.05, 0.1) is 12.2 Å². The quantitative estimate of drug-likeness (QED) is 0.230. The van der Waals surface area contributed by atoms with E-state index in [9.17, 15) is 14.4 Å². The molecule has 160 valence electrons. The molecule has 0 spiro atoms. The summed E-state index contributed by atoms with van der Waals surface area (Å²) >= 11 is 0. The lowest BCUT2D eigenvalue weighted by Crippen LogP contribution is -2.13. The van der Waals surface area contributed by atoms with Crippen LogP contribution in [-0.2, 0) is 14.3 Å². The van der Waals surface area contributed by atoms with E-state index in [1.165, 1.54) is 18.2 Å². The number of hydrogen-bond donors (Lipinski definition) is 1. The zero-order chi connectivity index (χ0) is 22.6. The number of carbonyl (C=O) groups is 3. The zero-order valence-corrected chi connectivity index (χ0v) is 17.6. The maximum atomic E-state index is 11.8. The molecule has 1 aliphatic rings. The van der Waals surface area contributed by atoms with E-state index in [2.05, 4.69) is 13.5 Å². The smallest absolute Gasteiger partial charge is 0.338 e. The number of ketones is 2. The number of unbranched alkanes of at least 4 members (excludes halogenated alkanes) is 1. The first kappa shape index (κ1) is 23.5. The van der Waals surface area contributed by atoms with Crippen LogP contribution in [0.15, 0.2) is 91.1 Å². The van der Waals surface area contributed by atoms with Crippen LogP contribution in [-0.4, -0.2) is 24.1 Å². The van der Waals surface area contributed by atoms with Gasteiger partial charge in [0.1, 0.15) is 0 Å². The third kappa shape index (κ3) is 7.23. The number of hydrogen-bond acceptors (Lipinski definition) is 5. The average molecular weight is 418 g/mol. The SMILES string of the molecule is C=CC(C1=CC(=O)C=CC1=O)c1ccccc1.CCCCOC(=O)c1ccc(N)cc1. The Morgan fingerprint density at radius 1 is 1.06 bits per heavy atom. The summed E-state index contributed by atoms with van der Waals surface area (Å²) in [5.41, 5.74) is 8.14. The number of esters is 1. The summed E-state index contributed by atoms with van der Waals surface area (Å²) in [5.74, 6) is -0.781. The molecule has 0 heterocycles. The molecule has 31 heavy (non-hydrogen) atoms. The second-order valence-electron chi connectivity index (χ2n) is 6.94. The highest BCUT2D eigenvalue weighted by Gasteiger charge is 2.21. The van der Waals surface area contributed by atoms with Crippen LogP contribution in [0.2, 0.25) is 0 Å². The van der Waals surface area contributed by atoms with Crippen LogP contribution in [0.5, 0.6) is 0 Å². The van der Waals surface area contributed by atoms with Gasteiger partial charge in [0.2, 0.25) is 0 Å². The van der Waals surface area contributed by atoms with Crippen molar-refractivity contribution in [2.24, 2.45) is 0 Å². The Labute approximate surface area is 182 Å². The molecule has 0 saturated carbocycles. The lowest BCUT2D eigenvalue weighted by atomic mass is 9.86. The molecule has 2 aromatic carbocycles. The van der Waals surface area contributed by atoms with Crippen molar-refractivity contribution in [1.82, 2.24) is 0 Å². The van der Waals surface area contributed by atoms with Gasteiger partial charge in [-0.3, -0.25) is 9.59 Å². The molecule has 1 aliphatic carbocycles. The third-order valence-electron chi connectivity index (χ3n) is 4.59. The molecule has 2 aromatic rings. The Bertz CT molecular complexity index is 972. The lowest BCUT2D eigenvalue weighted by Gasteiger charge is -2.16. The minimum Gasteiger partial charge on any atom is -0.462 e. The maximum absolute atomic E-state index is 11.8. The first-order valence-electron chi connectivity index (χ1n) is 10.1. The van der Waals surface area contributed by atoms with Crippen LogP contribution >= 0.6 is 0 Å². The van der Waals surface area contributed by atoms with Gasteiger partial charge < -0.3 is 10.5 Å². The first-order chi connectivity index (χ1) is 15.0. The minimum atomic E-state index is -0.279. The van der Waals surface area contributed by atoms with Crippen LogP contribution in [0.1, 0.15) is 41.6 Å². The molecule has 0 amide bonds. The normalized spacial score (nSPS) is 13.5. The lowest BCUT2D eigenvalue weighted by molar-refractivity contribution is -0.114. The molecule has 5 nitrogen and oxygen atoms in total. The second kappa shape index (κ2) is 12.1. The Morgan fingerprint density at radius 2 is 1.74 bits per heavy atom. The van der Waals surface area contributed by atoms with Crippen LogP contribution in [0.4, 0.5) is 5.69 Å². The molecule has 5 heteroatoms. The van der Waals surface area contributed by atoms with Crippen LogP contribution < -0.4 is 5.73 Å². The number of carbonyl (C=O) groups excluding carboxylic acids is 3. The fourth-order valence-electron chi connectivity index (χ4n) is 2.88. The molecular weight excluding hydrogens is 390 g/mol. The average Bonchev–Trinajstić information content (AvgIpc) is 2.78. The predicted octanol–water partition coefficient (Wildman–Crippen LogP) is 4.82. The van der Waals surface area contributed by atoms with Crippen molar-refractivity contribution in [3.8, 4) is 0 Å². The highest BCUT2D eigenvalue weighted by molar-refractivity contribution is 6.18. The summed E-state index contributed by atoms with van der Waals surface area (Å²) in [6, 6.07) is 16.3. The van der Waals surface area contributed by atoms with E-state index < -0.39 is 0 Å². The number of benzene rings is 2. The maximum Gasteiger partial charge on any atom is 0.338 e. The van der Waals surface area contributed by atoms with Gasteiger partial charge in [-0.05, 0) is 54.5 Å². The molecule has 0 saturated heterocycles. The van der Waals surface area contributed by atoms with E-state index in [-0.39, 0.29) is 23.5 Å². The fourth-order valence-corrected chi connectivity index (χ4v) is 2.88. The summed E-state index contributed by atoms with van der Waals surface area (Å²) in [6.07, 6.45) is 7.61. The molecule has 2 N–H and O–H groups in total. The summed E-state index contributed by atoms with van der Waals surface area (Å²) in [5, 5.41) is 0. The van der Waals surface area contributed by atoms with E-state index in [1.54, 1.807) is 30.3 Å². The monoisotopic (exact) mass is 417 g/mol. The Morgan fingerprint density at radius 3 is 2.35 bits per heavy atom. The number of allylic oxidation sites excluding steroid dienone is 5. The van der Waals surface area contributed by atoms with Crippen molar-refractivity contribution in [2.75, 3.05) is 12.3 Å². The number of ether oxygens (including phenoxy) is 1. The van der Waals surface area contributed by atoms with Gasteiger partial charge in [0.15, 0.2) is 11.6 Å². The predicted molar refractivity (Wildman–Crippen MR) is 123 cm³/mol. The number of nitrogen functional groups attached to an aromatic ring is 1. The van der Waals surface area contributed by atoms with Crippen LogP contribution in [0.3, 0.4) is 0 Å².